The number of benzene rings is 2. The van der Waals surface area contributed by atoms with E-state index in [0.29, 0.717) is 13.1 Å². The fourth-order valence-electron chi connectivity index (χ4n) is 2.50. The molecule has 8 nitrogen and oxygen atoms in total. The van der Waals surface area contributed by atoms with Gasteiger partial charge in [0, 0.05) is 18.7 Å². The molecule has 29 heavy (non-hydrogen) atoms. The van der Waals surface area contributed by atoms with E-state index >= 15 is 0 Å². The first kappa shape index (κ1) is 22.5. The Bertz CT molecular complexity index is 989. The number of sulfonamides is 1. The Morgan fingerprint density at radius 2 is 1.72 bits per heavy atom. The van der Waals surface area contributed by atoms with Crippen molar-refractivity contribution in [3.05, 3.63) is 53.1 Å². The van der Waals surface area contributed by atoms with E-state index in [1.165, 1.54) is 42.5 Å². The van der Waals surface area contributed by atoms with Gasteiger partial charge in [-0.1, -0.05) is 11.6 Å². The molecule has 0 radical (unpaired) electrons. The summed E-state index contributed by atoms with van der Waals surface area (Å²) in [6.45, 7) is 4.73. The third-order valence-corrected chi connectivity index (χ3v) is 5.79. The summed E-state index contributed by atoms with van der Waals surface area (Å²) in [7, 11) is -3.89. The molecule has 0 aliphatic carbocycles. The van der Waals surface area contributed by atoms with Crippen LogP contribution >= 0.6 is 11.6 Å². The second-order valence-corrected chi connectivity index (χ2v) is 8.08. The number of nitrogens with one attached hydrogen (secondary N) is 1. The normalized spacial score (nSPS) is 11.0. The first-order chi connectivity index (χ1) is 13.7. The molecule has 0 saturated heterocycles. The number of nitrogens with two attached hydrogens (primary N) is 1. The minimum Gasteiger partial charge on any atom is -0.482 e. The van der Waals surface area contributed by atoms with E-state index in [-0.39, 0.29) is 39.4 Å². The minimum atomic E-state index is -3.89. The lowest BCUT2D eigenvalue weighted by Crippen LogP contribution is -2.34. The van der Waals surface area contributed by atoms with Gasteiger partial charge < -0.3 is 15.4 Å². The van der Waals surface area contributed by atoms with Gasteiger partial charge in [-0.25, -0.2) is 8.42 Å². The highest BCUT2D eigenvalue weighted by molar-refractivity contribution is 7.92. The van der Waals surface area contributed by atoms with Crippen LogP contribution in [0.25, 0.3) is 0 Å². The van der Waals surface area contributed by atoms with Gasteiger partial charge in [0.2, 0.25) is 5.91 Å². The molecular weight excluding hydrogens is 418 g/mol. The molecule has 2 aromatic carbocycles. The summed E-state index contributed by atoms with van der Waals surface area (Å²) in [4.78, 5) is 24.7. The van der Waals surface area contributed by atoms with Crippen LogP contribution in [-0.4, -0.2) is 44.8 Å². The lowest BCUT2D eigenvalue weighted by atomic mass is 10.2. The molecule has 0 atom stereocenters. The molecule has 0 spiro atoms. The largest absolute Gasteiger partial charge is 0.482 e. The molecule has 0 heterocycles. The standard InChI is InChI=1S/C19H22ClN3O5S/c1-3-23(4-2)18(24)12-28-17-10-7-14(11-16(17)20)22-29(26,27)15-8-5-13(6-9-15)19(21)25/h5-11,22H,3-4,12H2,1-2H3,(H2,21,25). The van der Waals surface area contributed by atoms with Crippen molar-refractivity contribution in [3.8, 4) is 5.75 Å². The highest BCUT2D eigenvalue weighted by Crippen LogP contribution is 2.29. The zero-order valence-electron chi connectivity index (χ0n) is 16.0. The maximum Gasteiger partial charge on any atom is 0.261 e. The number of amides is 2. The van der Waals surface area contributed by atoms with Gasteiger partial charge in [-0.2, -0.15) is 0 Å². The Morgan fingerprint density at radius 1 is 1.10 bits per heavy atom. The van der Waals surface area contributed by atoms with E-state index in [2.05, 4.69) is 4.72 Å². The Labute approximate surface area is 174 Å². The molecule has 0 aliphatic heterocycles. The zero-order chi connectivity index (χ0) is 21.6. The van der Waals surface area contributed by atoms with Crippen molar-refractivity contribution in [2.24, 2.45) is 5.73 Å². The maximum absolute atomic E-state index is 12.5. The van der Waals surface area contributed by atoms with Gasteiger partial charge in [0.15, 0.2) is 6.61 Å². The third kappa shape index (κ3) is 5.85. The molecule has 0 saturated carbocycles. The van der Waals surface area contributed by atoms with Crippen molar-refractivity contribution in [2.75, 3.05) is 24.4 Å². The fourth-order valence-corrected chi connectivity index (χ4v) is 3.79. The molecule has 3 N–H and O–H groups in total. The second-order valence-electron chi connectivity index (χ2n) is 5.99. The van der Waals surface area contributed by atoms with E-state index < -0.39 is 15.9 Å². The second kappa shape index (κ2) is 9.62. The molecular formula is C19H22ClN3O5S. The molecule has 2 aromatic rings. The van der Waals surface area contributed by atoms with Gasteiger partial charge in [0.1, 0.15) is 5.75 Å². The smallest absolute Gasteiger partial charge is 0.261 e. The van der Waals surface area contributed by atoms with Crippen LogP contribution in [0.3, 0.4) is 0 Å². The summed E-state index contributed by atoms with van der Waals surface area (Å²) in [6, 6.07) is 9.54. The van der Waals surface area contributed by atoms with Crippen molar-refractivity contribution < 1.29 is 22.7 Å². The molecule has 0 aliphatic rings. The monoisotopic (exact) mass is 439 g/mol. The van der Waals surface area contributed by atoms with Gasteiger partial charge in [-0.05, 0) is 56.3 Å². The molecule has 2 rings (SSSR count). The van der Waals surface area contributed by atoms with Crippen LogP contribution in [0.2, 0.25) is 5.02 Å². The first-order valence-corrected chi connectivity index (χ1v) is 10.7. The lowest BCUT2D eigenvalue weighted by Gasteiger charge is -2.19. The Balaban J connectivity index is 2.09. The number of hydrogen-bond acceptors (Lipinski definition) is 5. The van der Waals surface area contributed by atoms with E-state index in [0.717, 1.165) is 0 Å². The number of anilines is 1. The van der Waals surface area contributed by atoms with Crippen molar-refractivity contribution in [1.29, 1.82) is 0 Å². The molecule has 2 amide bonds. The van der Waals surface area contributed by atoms with Crippen LogP contribution in [0.5, 0.6) is 5.75 Å². The van der Waals surface area contributed by atoms with Crippen molar-refractivity contribution in [2.45, 2.75) is 18.7 Å². The van der Waals surface area contributed by atoms with Gasteiger partial charge in [-0.15, -0.1) is 0 Å². The SMILES string of the molecule is CCN(CC)C(=O)COc1ccc(NS(=O)(=O)c2ccc(C(N)=O)cc2)cc1Cl. The summed E-state index contributed by atoms with van der Waals surface area (Å²) in [5.74, 6) is -0.556. The number of carbonyl (C=O) groups excluding carboxylic acids is 2. The van der Waals surface area contributed by atoms with E-state index in [1.54, 1.807) is 4.90 Å². The van der Waals surface area contributed by atoms with Crippen molar-refractivity contribution in [1.82, 2.24) is 4.90 Å². The number of rotatable bonds is 9. The van der Waals surface area contributed by atoms with Crippen LogP contribution in [0.15, 0.2) is 47.4 Å². The molecule has 0 bridgehead atoms. The third-order valence-electron chi connectivity index (χ3n) is 4.10. The molecule has 10 heteroatoms. The highest BCUT2D eigenvalue weighted by atomic mass is 35.5. The average Bonchev–Trinajstić information content (AvgIpc) is 2.68. The number of halogens is 1. The average molecular weight is 440 g/mol. The van der Waals surface area contributed by atoms with Crippen molar-refractivity contribution >= 4 is 39.1 Å². The van der Waals surface area contributed by atoms with Crippen LogP contribution in [0, 0.1) is 0 Å². The molecule has 0 aromatic heterocycles. The molecule has 0 fully saturated rings. The summed E-state index contributed by atoms with van der Waals surface area (Å²) in [5.41, 5.74) is 5.57. The van der Waals surface area contributed by atoms with Crippen LogP contribution < -0.4 is 15.2 Å². The number of nitrogens with zero attached hydrogens (tertiary/aromatic N) is 1. The van der Waals surface area contributed by atoms with Crippen LogP contribution in [-0.2, 0) is 14.8 Å². The Hall–Kier alpha value is -2.78. The zero-order valence-corrected chi connectivity index (χ0v) is 17.6. The van der Waals surface area contributed by atoms with Gasteiger partial charge in [0.05, 0.1) is 15.6 Å². The fraction of sp³-hybridized carbons (Fsp3) is 0.263. The number of hydrogen-bond donors (Lipinski definition) is 2. The van der Waals surface area contributed by atoms with Crippen LogP contribution in [0.1, 0.15) is 24.2 Å². The van der Waals surface area contributed by atoms with E-state index in [1.807, 2.05) is 13.8 Å². The Morgan fingerprint density at radius 3 is 2.24 bits per heavy atom. The van der Waals surface area contributed by atoms with Gasteiger partial charge in [0.25, 0.3) is 15.9 Å². The number of carbonyl (C=O) groups is 2. The topological polar surface area (TPSA) is 119 Å². The van der Waals surface area contributed by atoms with Crippen LogP contribution in [0.4, 0.5) is 5.69 Å². The Kier molecular flexibility index (Phi) is 7.46. The predicted molar refractivity (Wildman–Crippen MR) is 111 cm³/mol. The minimum absolute atomic E-state index is 0.0382. The highest BCUT2D eigenvalue weighted by Gasteiger charge is 2.16. The number of primary amides is 1. The van der Waals surface area contributed by atoms with Gasteiger partial charge >= 0.3 is 0 Å². The quantitative estimate of drug-likeness (QED) is 0.622. The maximum atomic E-state index is 12.5. The summed E-state index contributed by atoms with van der Waals surface area (Å²) >= 11 is 6.15. The van der Waals surface area contributed by atoms with Gasteiger partial charge in [-0.3, -0.25) is 14.3 Å². The molecule has 156 valence electrons. The predicted octanol–water partition coefficient (Wildman–Crippen LogP) is 2.49. The first-order valence-electron chi connectivity index (χ1n) is 8.80. The summed E-state index contributed by atoms with van der Waals surface area (Å²) in [5, 5.41) is 0.154. The lowest BCUT2D eigenvalue weighted by molar-refractivity contribution is -0.132. The van der Waals surface area contributed by atoms with Crippen molar-refractivity contribution in [3.63, 3.8) is 0 Å². The molecule has 0 unspecified atom stereocenters. The van der Waals surface area contributed by atoms with E-state index in [4.69, 9.17) is 22.1 Å². The van der Waals surface area contributed by atoms with E-state index in [9.17, 15) is 18.0 Å². The number of ether oxygens (including phenoxy) is 1. The summed E-state index contributed by atoms with van der Waals surface area (Å²) in [6.07, 6.45) is 0. The number of likely N-dealkylation sites (N-methyl/N-ethyl adjacent to an activating group) is 1. The summed E-state index contributed by atoms with van der Waals surface area (Å²) < 4.78 is 32.8.